The molecule has 3 amide bonds. The monoisotopic (exact) mass is 379 g/mol. The number of carbonyl (C=O) groups is 2. The van der Waals surface area contributed by atoms with Crippen molar-refractivity contribution >= 4 is 39.9 Å². The zero-order valence-electron chi connectivity index (χ0n) is 15.6. The van der Waals surface area contributed by atoms with Crippen molar-refractivity contribution in [2.45, 2.75) is 6.92 Å². The first kappa shape index (κ1) is 19.0. The summed E-state index contributed by atoms with van der Waals surface area (Å²) in [5, 5.41) is 10.4. The number of methoxy groups -OCH3 is 1. The van der Waals surface area contributed by atoms with Gasteiger partial charge in [-0.3, -0.25) is 10.1 Å². The number of rotatable bonds is 6. The number of aromatic nitrogens is 1. The lowest BCUT2D eigenvalue weighted by Crippen LogP contribution is -2.28. The second kappa shape index (κ2) is 8.26. The summed E-state index contributed by atoms with van der Waals surface area (Å²) in [5.74, 6) is 0.302. The van der Waals surface area contributed by atoms with Crippen molar-refractivity contribution in [3.05, 3.63) is 54.2 Å². The van der Waals surface area contributed by atoms with Crippen LogP contribution in [0, 0.1) is 0 Å². The Morgan fingerprint density at radius 2 is 2.00 bits per heavy atom. The first-order valence-electron chi connectivity index (χ1n) is 8.70. The van der Waals surface area contributed by atoms with Crippen LogP contribution in [0.4, 0.5) is 22.0 Å². The number of anilines is 3. The van der Waals surface area contributed by atoms with Crippen molar-refractivity contribution in [3.63, 3.8) is 0 Å². The van der Waals surface area contributed by atoms with Crippen molar-refractivity contribution in [3.8, 4) is 5.75 Å². The van der Waals surface area contributed by atoms with E-state index in [1.165, 1.54) is 7.11 Å². The smallest absolute Gasteiger partial charge is 0.320 e. The van der Waals surface area contributed by atoms with Gasteiger partial charge in [0.2, 0.25) is 0 Å². The van der Waals surface area contributed by atoms with Crippen molar-refractivity contribution in [2.75, 3.05) is 24.3 Å². The Morgan fingerprint density at radius 3 is 2.71 bits per heavy atom. The molecule has 0 radical (unpaired) electrons. The number of hydrogen-bond donors (Lipinski definition) is 4. The van der Waals surface area contributed by atoms with Gasteiger partial charge in [-0.2, -0.15) is 0 Å². The molecule has 0 aliphatic heterocycles. The Morgan fingerprint density at radius 1 is 1.18 bits per heavy atom. The summed E-state index contributed by atoms with van der Waals surface area (Å²) in [7, 11) is 1.48. The average molecular weight is 379 g/mol. The predicted octanol–water partition coefficient (Wildman–Crippen LogP) is 3.23. The molecule has 0 fully saturated rings. The average Bonchev–Trinajstić information content (AvgIpc) is 2.68. The van der Waals surface area contributed by atoms with Crippen LogP contribution in [-0.2, 0) is 0 Å². The fourth-order valence-corrected chi connectivity index (χ4v) is 2.80. The van der Waals surface area contributed by atoms with Gasteiger partial charge < -0.3 is 21.1 Å². The number of benzene rings is 2. The maximum atomic E-state index is 11.7. The van der Waals surface area contributed by atoms with Gasteiger partial charge in [0.1, 0.15) is 11.6 Å². The first-order valence-corrected chi connectivity index (χ1v) is 8.70. The molecule has 8 heteroatoms. The minimum absolute atomic E-state index is 0.291. The summed E-state index contributed by atoms with van der Waals surface area (Å²) in [4.78, 5) is 27.6. The third kappa shape index (κ3) is 4.12. The number of nitrogens with one attached hydrogen (secondary N) is 3. The number of nitrogens with zero attached hydrogens (tertiary/aromatic N) is 1. The Balaban J connectivity index is 1.91. The molecule has 0 saturated carbocycles. The topological polar surface area (TPSA) is 118 Å². The van der Waals surface area contributed by atoms with Gasteiger partial charge >= 0.3 is 6.03 Å². The Kier molecular flexibility index (Phi) is 5.59. The van der Waals surface area contributed by atoms with E-state index in [9.17, 15) is 9.59 Å². The van der Waals surface area contributed by atoms with Crippen LogP contribution in [0.15, 0.2) is 48.7 Å². The summed E-state index contributed by atoms with van der Waals surface area (Å²) in [5.41, 5.74) is 7.20. The molecule has 1 aromatic heterocycles. The zero-order valence-corrected chi connectivity index (χ0v) is 15.6. The molecular weight excluding hydrogens is 358 g/mol. The number of pyridine rings is 1. The van der Waals surface area contributed by atoms with E-state index >= 15 is 0 Å². The van der Waals surface area contributed by atoms with Gasteiger partial charge in [-0.05, 0) is 42.6 Å². The van der Waals surface area contributed by atoms with E-state index in [4.69, 9.17) is 10.5 Å². The quantitative estimate of drug-likeness (QED) is 0.524. The highest BCUT2D eigenvalue weighted by atomic mass is 16.5. The molecule has 0 spiro atoms. The molecule has 3 rings (SSSR count). The molecule has 2 aromatic carbocycles. The lowest BCUT2D eigenvalue weighted by molar-refractivity contribution is 0.0997. The minimum atomic E-state index is -0.568. The van der Waals surface area contributed by atoms with Gasteiger partial charge in [0.05, 0.1) is 12.7 Å². The molecule has 0 atom stereocenters. The van der Waals surface area contributed by atoms with Gasteiger partial charge in [-0.1, -0.05) is 12.1 Å². The Bertz CT molecular complexity index is 1040. The van der Waals surface area contributed by atoms with Crippen LogP contribution in [0.2, 0.25) is 0 Å². The normalized spacial score (nSPS) is 10.4. The summed E-state index contributed by atoms with van der Waals surface area (Å²) in [6.07, 6.45) is 1.68. The molecule has 0 aliphatic carbocycles. The number of carbonyl (C=O) groups excluding carboxylic acids is 2. The zero-order chi connectivity index (χ0) is 20.1. The van der Waals surface area contributed by atoms with Crippen molar-refractivity contribution in [2.24, 2.45) is 5.73 Å². The van der Waals surface area contributed by atoms with Gasteiger partial charge in [0, 0.05) is 29.5 Å². The van der Waals surface area contributed by atoms with Crippen LogP contribution in [-0.4, -0.2) is 30.6 Å². The van der Waals surface area contributed by atoms with Gasteiger partial charge in [0.25, 0.3) is 5.91 Å². The van der Waals surface area contributed by atoms with E-state index < -0.39 is 5.91 Å². The summed E-state index contributed by atoms with van der Waals surface area (Å²) >= 11 is 0. The number of amides is 3. The summed E-state index contributed by atoms with van der Waals surface area (Å²) in [6, 6.07) is 12.3. The molecule has 144 valence electrons. The lowest BCUT2D eigenvalue weighted by atomic mass is 10.1. The van der Waals surface area contributed by atoms with Crippen LogP contribution in [0.25, 0.3) is 10.8 Å². The number of ether oxygens (including phenoxy) is 1. The molecule has 0 saturated heterocycles. The third-order valence-electron chi connectivity index (χ3n) is 4.09. The van der Waals surface area contributed by atoms with Crippen LogP contribution in [0.3, 0.4) is 0 Å². The molecule has 8 nitrogen and oxygen atoms in total. The second-order valence-corrected chi connectivity index (χ2v) is 5.99. The van der Waals surface area contributed by atoms with Crippen molar-refractivity contribution < 1.29 is 14.3 Å². The van der Waals surface area contributed by atoms with E-state index in [0.717, 1.165) is 16.5 Å². The highest BCUT2D eigenvalue weighted by molar-refractivity contribution is 5.99. The number of urea groups is 1. The molecule has 1 heterocycles. The molecule has 28 heavy (non-hydrogen) atoms. The Hall–Kier alpha value is -3.81. The van der Waals surface area contributed by atoms with E-state index in [2.05, 4.69) is 20.9 Å². The van der Waals surface area contributed by atoms with Gasteiger partial charge in [-0.25, -0.2) is 9.78 Å². The maximum absolute atomic E-state index is 11.7. The SMILES string of the molecule is CCNC(=O)Nc1cc2cccc(Nc3ccc(OC)c(C(N)=O)c3)c2cn1. The van der Waals surface area contributed by atoms with Gasteiger partial charge in [0.15, 0.2) is 0 Å². The first-order chi connectivity index (χ1) is 13.5. The Labute approximate surface area is 162 Å². The fraction of sp³-hybridized carbons (Fsp3) is 0.150. The molecule has 0 bridgehead atoms. The van der Waals surface area contributed by atoms with Crippen LogP contribution < -0.4 is 26.4 Å². The number of hydrogen-bond acceptors (Lipinski definition) is 5. The molecule has 3 aromatic rings. The van der Waals surface area contributed by atoms with E-state index in [1.807, 2.05) is 25.1 Å². The fourth-order valence-electron chi connectivity index (χ4n) is 2.80. The third-order valence-corrected chi connectivity index (χ3v) is 4.09. The largest absolute Gasteiger partial charge is 0.496 e. The van der Waals surface area contributed by atoms with Gasteiger partial charge in [-0.15, -0.1) is 0 Å². The highest BCUT2D eigenvalue weighted by Crippen LogP contribution is 2.29. The van der Waals surface area contributed by atoms with E-state index in [0.29, 0.717) is 29.4 Å². The molecule has 0 aliphatic rings. The van der Waals surface area contributed by atoms with Crippen LogP contribution >= 0.6 is 0 Å². The van der Waals surface area contributed by atoms with Crippen LogP contribution in [0.1, 0.15) is 17.3 Å². The maximum Gasteiger partial charge on any atom is 0.320 e. The number of fused-ring (bicyclic) bond motifs is 1. The lowest BCUT2D eigenvalue weighted by Gasteiger charge is -2.13. The van der Waals surface area contributed by atoms with Crippen LogP contribution in [0.5, 0.6) is 5.75 Å². The minimum Gasteiger partial charge on any atom is -0.496 e. The standard InChI is InChI=1S/C20H21N5O3/c1-3-22-20(27)25-18-9-12-5-4-6-16(15(12)11-23-18)24-13-7-8-17(28-2)14(10-13)19(21)26/h4-11,24H,3H2,1-2H3,(H2,21,26)(H2,22,23,25,27). The van der Waals surface area contributed by atoms with E-state index in [1.54, 1.807) is 30.5 Å². The number of nitrogens with two attached hydrogens (primary N) is 1. The predicted molar refractivity (Wildman–Crippen MR) is 109 cm³/mol. The summed E-state index contributed by atoms with van der Waals surface area (Å²) < 4.78 is 5.17. The molecular formula is C20H21N5O3. The van der Waals surface area contributed by atoms with Crippen molar-refractivity contribution in [1.29, 1.82) is 0 Å². The number of primary amides is 1. The molecule has 5 N–H and O–H groups in total. The van der Waals surface area contributed by atoms with Crippen molar-refractivity contribution in [1.82, 2.24) is 10.3 Å². The second-order valence-electron chi connectivity index (χ2n) is 5.99. The highest BCUT2D eigenvalue weighted by Gasteiger charge is 2.11. The summed E-state index contributed by atoms with van der Waals surface area (Å²) in [6.45, 7) is 2.37. The van der Waals surface area contributed by atoms with E-state index in [-0.39, 0.29) is 6.03 Å². The molecule has 0 unspecified atom stereocenters.